The predicted octanol–water partition coefficient (Wildman–Crippen LogP) is 3.58. The largest absolute Gasteiger partial charge is 0.243 e. The van der Waals surface area contributed by atoms with E-state index in [4.69, 9.17) is 0 Å². The van der Waals surface area contributed by atoms with Gasteiger partial charge in [-0.1, -0.05) is 38.5 Å². The van der Waals surface area contributed by atoms with E-state index < -0.39 is 10.0 Å². The first-order valence-corrected chi connectivity index (χ1v) is 9.14. The Morgan fingerprint density at radius 3 is 2.33 bits per heavy atom. The number of hydrogen-bond donors (Lipinski definition) is 0. The number of aryl methyl sites for hydroxylation is 1. The number of sulfonamides is 1. The van der Waals surface area contributed by atoms with Gasteiger partial charge in [0.2, 0.25) is 10.0 Å². The Morgan fingerprint density at radius 1 is 1.10 bits per heavy atom. The molecule has 1 saturated heterocycles. The molecule has 4 heteroatoms. The van der Waals surface area contributed by atoms with Gasteiger partial charge in [-0.25, -0.2) is 8.42 Å². The fourth-order valence-corrected chi connectivity index (χ4v) is 6.31. The summed E-state index contributed by atoms with van der Waals surface area (Å²) in [5.74, 6) is 0. The fraction of sp³-hybridized carbons (Fsp3) is 0.647. The van der Waals surface area contributed by atoms with E-state index in [9.17, 15) is 8.42 Å². The van der Waals surface area contributed by atoms with Crippen molar-refractivity contribution in [2.24, 2.45) is 10.8 Å². The molecule has 0 amide bonds. The van der Waals surface area contributed by atoms with E-state index in [2.05, 4.69) is 20.8 Å². The van der Waals surface area contributed by atoms with Crippen LogP contribution in [0.3, 0.4) is 0 Å². The SMILES string of the molecule is Cc1ccc(S(=O)(=O)N2C[C@@]3(C)C[C@@H]2CC(C)(C)C3)cc1. The van der Waals surface area contributed by atoms with Gasteiger partial charge in [0.1, 0.15) is 0 Å². The highest BCUT2D eigenvalue weighted by Gasteiger charge is 2.53. The van der Waals surface area contributed by atoms with Crippen molar-refractivity contribution in [2.75, 3.05) is 6.54 Å². The Kier molecular flexibility index (Phi) is 3.27. The van der Waals surface area contributed by atoms with Gasteiger partial charge in [-0.15, -0.1) is 0 Å². The second-order valence-electron chi connectivity index (χ2n) is 8.08. The minimum atomic E-state index is -3.36. The van der Waals surface area contributed by atoms with Gasteiger partial charge in [0, 0.05) is 12.6 Å². The van der Waals surface area contributed by atoms with Gasteiger partial charge in [0.15, 0.2) is 0 Å². The molecule has 2 aliphatic rings. The highest BCUT2D eigenvalue weighted by atomic mass is 32.2. The highest BCUT2D eigenvalue weighted by molar-refractivity contribution is 7.89. The minimum Gasteiger partial charge on any atom is -0.207 e. The number of nitrogens with zero attached hydrogens (tertiary/aromatic N) is 1. The highest BCUT2D eigenvalue weighted by Crippen LogP contribution is 2.53. The van der Waals surface area contributed by atoms with E-state index in [0.717, 1.165) is 24.8 Å². The molecule has 1 aliphatic heterocycles. The standard InChI is InChI=1S/C17H25NO2S/c1-13-5-7-15(8-6-13)21(19,20)18-12-17(4)10-14(18)9-16(2,3)11-17/h5-8,14H,9-12H2,1-4H3/t14-,17-/m0/s1. The molecule has 0 spiro atoms. The van der Waals surface area contributed by atoms with Crippen LogP contribution in [0.1, 0.15) is 45.6 Å². The summed E-state index contributed by atoms with van der Waals surface area (Å²) < 4.78 is 27.7. The first-order valence-electron chi connectivity index (χ1n) is 7.70. The monoisotopic (exact) mass is 307 g/mol. The van der Waals surface area contributed by atoms with Crippen LogP contribution in [-0.2, 0) is 10.0 Å². The van der Waals surface area contributed by atoms with Crippen LogP contribution in [-0.4, -0.2) is 25.3 Å². The number of benzene rings is 1. The molecule has 0 radical (unpaired) electrons. The summed E-state index contributed by atoms with van der Waals surface area (Å²) in [5, 5.41) is 0. The molecule has 1 aromatic rings. The van der Waals surface area contributed by atoms with Gasteiger partial charge >= 0.3 is 0 Å². The Labute approximate surface area is 128 Å². The average molecular weight is 307 g/mol. The lowest BCUT2D eigenvalue weighted by Crippen LogP contribution is -2.37. The lowest BCUT2D eigenvalue weighted by molar-refractivity contribution is 0.133. The molecular weight excluding hydrogens is 282 g/mol. The maximum atomic E-state index is 13.0. The third-order valence-corrected chi connectivity index (χ3v) is 6.91. The van der Waals surface area contributed by atoms with Crippen LogP contribution < -0.4 is 0 Å². The average Bonchev–Trinajstić information content (AvgIpc) is 2.59. The van der Waals surface area contributed by atoms with Crippen LogP contribution in [0.4, 0.5) is 0 Å². The quantitative estimate of drug-likeness (QED) is 0.837. The maximum absolute atomic E-state index is 13.0. The van der Waals surface area contributed by atoms with Crippen molar-refractivity contribution < 1.29 is 8.42 Å². The molecule has 2 fully saturated rings. The van der Waals surface area contributed by atoms with Crippen LogP contribution in [0.15, 0.2) is 29.2 Å². The second kappa shape index (κ2) is 4.56. The molecular formula is C17H25NO2S. The summed E-state index contributed by atoms with van der Waals surface area (Å²) in [6.45, 7) is 9.41. The number of hydrogen-bond acceptors (Lipinski definition) is 2. The Hall–Kier alpha value is -0.870. The molecule has 0 N–H and O–H groups in total. The zero-order valence-electron chi connectivity index (χ0n) is 13.4. The number of fused-ring (bicyclic) bond motifs is 2. The first kappa shape index (κ1) is 15.0. The summed E-state index contributed by atoms with van der Waals surface area (Å²) in [4.78, 5) is 0.432. The molecule has 2 atom stereocenters. The van der Waals surface area contributed by atoms with Crippen molar-refractivity contribution in [1.82, 2.24) is 4.31 Å². The molecule has 0 aromatic heterocycles. The Balaban J connectivity index is 1.96. The second-order valence-corrected chi connectivity index (χ2v) is 9.97. The summed E-state index contributed by atoms with van der Waals surface area (Å²) in [5.41, 5.74) is 1.45. The van der Waals surface area contributed by atoms with Crippen LogP contribution in [0, 0.1) is 17.8 Å². The van der Waals surface area contributed by atoms with E-state index >= 15 is 0 Å². The topological polar surface area (TPSA) is 37.4 Å². The van der Waals surface area contributed by atoms with Gasteiger partial charge in [0.25, 0.3) is 0 Å². The molecule has 1 aliphatic carbocycles. The minimum absolute atomic E-state index is 0.129. The maximum Gasteiger partial charge on any atom is 0.243 e. The van der Waals surface area contributed by atoms with Crippen LogP contribution in [0.25, 0.3) is 0 Å². The van der Waals surface area contributed by atoms with Gasteiger partial charge in [-0.3, -0.25) is 0 Å². The fourth-order valence-electron chi connectivity index (χ4n) is 4.53. The normalized spacial score (nSPS) is 32.3. The molecule has 21 heavy (non-hydrogen) atoms. The van der Waals surface area contributed by atoms with Crippen molar-refractivity contribution >= 4 is 10.0 Å². The van der Waals surface area contributed by atoms with E-state index in [1.54, 1.807) is 16.4 Å². The molecule has 3 nitrogen and oxygen atoms in total. The number of rotatable bonds is 2. The molecule has 1 heterocycles. The predicted molar refractivity (Wildman–Crippen MR) is 84.6 cm³/mol. The zero-order valence-corrected chi connectivity index (χ0v) is 14.2. The lowest BCUT2D eigenvalue weighted by atomic mass is 9.65. The van der Waals surface area contributed by atoms with Crippen molar-refractivity contribution in [2.45, 2.75) is 57.9 Å². The van der Waals surface area contributed by atoms with Gasteiger partial charge in [-0.05, 0) is 49.1 Å². The van der Waals surface area contributed by atoms with Crippen molar-refractivity contribution in [1.29, 1.82) is 0 Å². The summed E-state index contributed by atoms with van der Waals surface area (Å²) in [7, 11) is -3.36. The van der Waals surface area contributed by atoms with Crippen LogP contribution in [0.2, 0.25) is 0 Å². The summed E-state index contributed by atoms with van der Waals surface area (Å²) in [6.07, 6.45) is 3.08. The third kappa shape index (κ3) is 2.64. The molecule has 0 unspecified atom stereocenters. The van der Waals surface area contributed by atoms with Crippen LogP contribution >= 0.6 is 0 Å². The Morgan fingerprint density at radius 2 is 1.71 bits per heavy atom. The Bertz CT molecular complexity index is 648. The van der Waals surface area contributed by atoms with Crippen LogP contribution in [0.5, 0.6) is 0 Å². The van der Waals surface area contributed by atoms with Gasteiger partial charge in [-0.2, -0.15) is 4.31 Å². The molecule has 3 rings (SSSR count). The van der Waals surface area contributed by atoms with E-state index in [-0.39, 0.29) is 16.9 Å². The molecule has 1 aromatic carbocycles. The van der Waals surface area contributed by atoms with E-state index in [1.165, 1.54) is 0 Å². The lowest BCUT2D eigenvalue weighted by Gasteiger charge is -2.39. The van der Waals surface area contributed by atoms with E-state index in [0.29, 0.717) is 11.4 Å². The molecule has 2 bridgehead atoms. The van der Waals surface area contributed by atoms with E-state index in [1.807, 2.05) is 19.1 Å². The first-order chi connectivity index (χ1) is 9.61. The van der Waals surface area contributed by atoms with Crippen molar-refractivity contribution in [3.8, 4) is 0 Å². The van der Waals surface area contributed by atoms with Crippen molar-refractivity contribution in [3.63, 3.8) is 0 Å². The third-order valence-electron chi connectivity index (χ3n) is 4.99. The van der Waals surface area contributed by atoms with Gasteiger partial charge < -0.3 is 0 Å². The summed E-state index contributed by atoms with van der Waals surface area (Å²) >= 11 is 0. The van der Waals surface area contributed by atoms with Gasteiger partial charge in [0.05, 0.1) is 4.90 Å². The molecule has 116 valence electrons. The zero-order chi connectivity index (χ0) is 15.5. The van der Waals surface area contributed by atoms with Crippen molar-refractivity contribution in [3.05, 3.63) is 29.8 Å². The summed E-state index contributed by atoms with van der Waals surface area (Å²) in [6, 6.07) is 7.38. The smallest absolute Gasteiger partial charge is 0.207 e. The molecule has 1 saturated carbocycles.